The number of aliphatic hydroxyl groups is 2. The molecule has 0 spiro atoms. The van der Waals surface area contributed by atoms with Crippen molar-refractivity contribution in [1.29, 1.82) is 0 Å². The van der Waals surface area contributed by atoms with Crippen molar-refractivity contribution < 1.29 is 50.9 Å². The zero-order valence-corrected chi connectivity index (χ0v) is 39.3. The van der Waals surface area contributed by atoms with E-state index in [9.17, 15) is 60.5 Å². The van der Waals surface area contributed by atoms with Gasteiger partial charge in [0.15, 0.2) is 23.3 Å². The van der Waals surface area contributed by atoms with Crippen LogP contribution >= 0.6 is 46.4 Å². The van der Waals surface area contributed by atoms with Crippen molar-refractivity contribution in [1.82, 2.24) is 58.2 Å². The fourth-order valence-corrected chi connectivity index (χ4v) is 7.24. The predicted molar refractivity (Wildman–Crippen MR) is 246 cm³/mol. The molecule has 21 nitrogen and oxygen atoms in total. The van der Waals surface area contributed by atoms with Crippen LogP contribution in [0.4, 0.5) is 26.3 Å². The van der Waals surface area contributed by atoms with Crippen LogP contribution < -0.4 is 22.8 Å². The highest BCUT2D eigenvalue weighted by Gasteiger charge is 2.54. The first-order valence-corrected chi connectivity index (χ1v) is 21.7. The molecule has 4 aromatic heterocycles. The SMILES string of the molecule is NC(=O)c1nc(Cn2nc(-c3ccc(Cl)cc3)n(CC(=O)C(F)(F)F)c2=O)nn1-c1ccccc1Cl.NC(=O)c1nc(Cn2nc(-c3ccc(Cl)cc3)n(CC(O)(O)C(F)(F)F)c2=O)nn1-c1ccccc1Cl. The van der Waals surface area contributed by atoms with Crippen molar-refractivity contribution in [3.8, 4) is 34.2 Å². The number of nitrogens with two attached hydrogens (primary N) is 2. The molecule has 0 aliphatic rings. The molecule has 4 heterocycles. The molecule has 0 fully saturated rings. The quantitative estimate of drug-likeness (QED) is 0.0837. The molecule has 0 radical (unpaired) electrons. The summed E-state index contributed by atoms with van der Waals surface area (Å²) in [5.74, 6) is -9.71. The first-order chi connectivity index (χ1) is 34.2. The van der Waals surface area contributed by atoms with Crippen LogP contribution in [0, 0.1) is 0 Å². The summed E-state index contributed by atoms with van der Waals surface area (Å²) in [7, 11) is 0. The molecule has 0 bridgehead atoms. The molecular formula is C42H30Cl4F6N14O7. The third-order valence-electron chi connectivity index (χ3n) is 9.99. The third-order valence-corrected chi connectivity index (χ3v) is 11.1. The standard InChI is InChI=1S/C21H16Cl2F3N7O4.C21H14Cl2F3N7O3/c22-12-7-5-11(6-8-12)17-30-32(19(35)31(17)10-20(36,37)21(24,25)26)9-15-28-18(16(27)34)33(29-15)14-4-2-1-3-13(14)23;22-12-7-5-11(6-8-12)18-30-32(20(36)31(18)9-15(34)21(24,25)26)10-16-28-19(17(27)35)33(29-16)14-4-2-1-3-13(14)23/h1-8,36-37H,9-10H2,(H2,27,34);1-8H,9-10H2,(H2,27,35). The smallest absolute Gasteiger partial charge is 0.363 e. The third kappa shape index (κ3) is 11.7. The summed E-state index contributed by atoms with van der Waals surface area (Å²) in [6, 6.07) is 24.0. The largest absolute Gasteiger partial charge is 0.451 e. The van der Waals surface area contributed by atoms with Crippen LogP contribution in [0.3, 0.4) is 0 Å². The highest BCUT2D eigenvalue weighted by Crippen LogP contribution is 2.31. The molecular weight excluding hydrogens is 1070 g/mol. The van der Waals surface area contributed by atoms with Crippen LogP contribution in [0.5, 0.6) is 0 Å². The number of aromatic nitrogens is 12. The highest BCUT2D eigenvalue weighted by atomic mass is 35.5. The lowest BCUT2D eigenvalue weighted by Crippen LogP contribution is -2.50. The van der Waals surface area contributed by atoms with Gasteiger partial charge in [-0.1, -0.05) is 70.7 Å². The van der Waals surface area contributed by atoms with Crippen LogP contribution in [0.1, 0.15) is 32.9 Å². The van der Waals surface area contributed by atoms with E-state index in [-0.39, 0.29) is 67.5 Å². The number of amides is 2. The monoisotopic (exact) mass is 1100 g/mol. The Labute approximate surface area is 422 Å². The second-order valence-electron chi connectivity index (χ2n) is 15.1. The Balaban J connectivity index is 0.000000214. The molecule has 2 amide bonds. The molecule has 8 aromatic rings. The van der Waals surface area contributed by atoms with Crippen molar-refractivity contribution in [2.24, 2.45) is 11.5 Å². The van der Waals surface area contributed by atoms with Gasteiger partial charge in [-0.2, -0.15) is 26.3 Å². The van der Waals surface area contributed by atoms with E-state index in [0.29, 0.717) is 23.9 Å². The van der Waals surface area contributed by atoms with Crippen LogP contribution in [0.25, 0.3) is 34.2 Å². The van der Waals surface area contributed by atoms with Gasteiger partial charge in [0.2, 0.25) is 11.6 Å². The van der Waals surface area contributed by atoms with E-state index in [4.69, 9.17) is 57.9 Å². The van der Waals surface area contributed by atoms with E-state index in [0.717, 1.165) is 14.0 Å². The Morgan fingerprint density at radius 2 is 0.945 bits per heavy atom. The van der Waals surface area contributed by atoms with Gasteiger partial charge in [-0.15, -0.1) is 20.4 Å². The van der Waals surface area contributed by atoms with Gasteiger partial charge >= 0.3 is 23.7 Å². The van der Waals surface area contributed by atoms with E-state index in [2.05, 4.69) is 30.4 Å². The number of primary amides is 2. The molecule has 73 heavy (non-hydrogen) atoms. The molecule has 0 saturated heterocycles. The number of carbonyl (C=O) groups is 3. The number of carbonyl (C=O) groups excluding carboxylic acids is 3. The highest BCUT2D eigenvalue weighted by molar-refractivity contribution is 6.33. The van der Waals surface area contributed by atoms with Crippen molar-refractivity contribution >= 4 is 64.0 Å². The summed E-state index contributed by atoms with van der Waals surface area (Å²) in [6.45, 7) is -3.85. The molecule has 0 saturated carbocycles. The topological polar surface area (TPSA) is 285 Å². The van der Waals surface area contributed by atoms with Gasteiger partial charge in [-0.05, 0) is 72.8 Å². The Morgan fingerprint density at radius 3 is 1.32 bits per heavy atom. The number of rotatable bonds is 14. The van der Waals surface area contributed by atoms with Crippen molar-refractivity contribution in [3.63, 3.8) is 0 Å². The average molecular weight is 1100 g/mol. The summed E-state index contributed by atoms with van der Waals surface area (Å²) >= 11 is 24.1. The number of alkyl halides is 6. The lowest BCUT2D eigenvalue weighted by molar-refractivity contribution is -0.353. The van der Waals surface area contributed by atoms with Crippen LogP contribution in [0.2, 0.25) is 20.1 Å². The first-order valence-electron chi connectivity index (χ1n) is 20.2. The minimum absolute atomic E-state index is 0.111. The lowest BCUT2D eigenvalue weighted by Gasteiger charge is -2.24. The molecule has 0 aliphatic carbocycles. The summed E-state index contributed by atoms with van der Waals surface area (Å²) in [5, 5.41) is 36.8. The van der Waals surface area contributed by atoms with Crippen LogP contribution in [0.15, 0.2) is 107 Å². The van der Waals surface area contributed by atoms with Gasteiger partial charge in [0.1, 0.15) is 13.1 Å². The van der Waals surface area contributed by atoms with Gasteiger partial charge in [0.25, 0.3) is 23.4 Å². The van der Waals surface area contributed by atoms with Crippen molar-refractivity contribution in [2.45, 2.75) is 44.3 Å². The molecule has 4 aromatic carbocycles. The zero-order valence-electron chi connectivity index (χ0n) is 36.3. The molecule has 0 aliphatic heterocycles. The maximum absolute atomic E-state index is 13.2. The van der Waals surface area contributed by atoms with Gasteiger partial charge in [0, 0.05) is 21.2 Å². The summed E-state index contributed by atoms with van der Waals surface area (Å²) in [4.78, 5) is 69.7. The van der Waals surface area contributed by atoms with Crippen molar-refractivity contribution in [3.05, 3.63) is 161 Å². The minimum atomic E-state index is -5.47. The average Bonchev–Trinajstić information content (AvgIpc) is 4.09. The number of nitrogens with zero attached hydrogens (tertiary/aromatic N) is 12. The number of halogens is 10. The number of hydrogen-bond donors (Lipinski definition) is 4. The number of para-hydroxylation sites is 2. The Morgan fingerprint density at radius 1 is 0.562 bits per heavy atom. The van der Waals surface area contributed by atoms with E-state index in [1.807, 2.05) is 0 Å². The fraction of sp³-hybridized carbons (Fsp3) is 0.167. The zero-order chi connectivity index (χ0) is 53.3. The van der Waals surface area contributed by atoms with E-state index >= 15 is 0 Å². The fourth-order valence-electron chi connectivity index (χ4n) is 6.55. The second-order valence-corrected chi connectivity index (χ2v) is 16.8. The Hall–Kier alpha value is -7.69. The second kappa shape index (κ2) is 20.8. The first kappa shape index (κ1) is 53.1. The molecule has 380 valence electrons. The van der Waals surface area contributed by atoms with Gasteiger partial charge in [-0.25, -0.2) is 38.3 Å². The molecule has 31 heteroatoms. The van der Waals surface area contributed by atoms with Gasteiger partial charge in [0.05, 0.1) is 34.5 Å². The molecule has 0 atom stereocenters. The van der Waals surface area contributed by atoms with Gasteiger partial charge < -0.3 is 21.7 Å². The van der Waals surface area contributed by atoms with Crippen molar-refractivity contribution in [2.75, 3.05) is 0 Å². The van der Waals surface area contributed by atoms with E-state index in [1.54, 1.807) is 36.4 Å². The molecule has 6 N–H and O–H groups in total. The van der Waals surface area contributed by atoms with Gasteiger partial charge in [-0.3, -0.25) is 23.5 Å². The molecule has 0 unspecified atom stereocenters. The predicted octanol–water partition coefficient (Wildman–Crippen LogP) is 4.87. The van der Waals surface area contributed by atoms with E-state index < -0.39 is 73.3 Å². The normalized spacial score (nSPS) is 11.9. The van der Waals surface area contributed by atoms with Crippen LogP contribution in [-0.4, -0.2) is 104 Å². The number of Topliss-reactive ketones (excluding diaryl/α,β-unsaturated/α-hetero) is 1. The minimum Gasteiger partial charge on any atom is -0.363 e. The maximum atomic E-state index is 13.2. The van der Waals surface area contributed by atoms with E-state index in [1.165, 1.54) is 60.7 Å². The number of ketones is 1. The summed E-state index contributed by atoms with van der Waals surface area (Å²) in [6.07, 6.45) is -10.6. The maximum Gasteiger partial charge on any atom is 0.451 e. The summed E-state index contributed by atoms with van der Waals surface area (Å²) in [5.41, 5.74) is 9.55. The number of benzene rings is 4. The Bertz CT molecular complexity index is 3510. The van der Waals surface area contributed by atoms with Crippen LogP contribution in [-0.2, 0) is 31.0 Å². The lowest BCUT2D eigenvalue weighted by atomic mass is 10.2. The Kier molecular flexibility index (Phi) is 15.1. The molecule has 8 rings (SSSR count). The number of hydrogen-bond acceptors (Lipinski definition) is 13. The summed E-state index contributed by atoms with van der Waals surface area (Å²) < 4.78 is 83.0.